The summed E-state index contributed by atoms with van der Waals surface area (Å²) in [6.07, 6.45) is 79.3. The average Bonchev–Trinajstić information content (AvgIpc) is 3.37. The first-order valence-corrected chi connectivity index (χ1v) is 29.4. The lowest BCUT2D eigenvalue weighted by Gasteiger charge is -2.18. The molecule has 0 heterocycles. The normalized spacial score (nSPS) is 12.9. The molecule has 0 saturated heterocycles. The minimum Gasteiger partial charge on any atom is -0.462 e. The molecule has 0 fully saturated rings. The van der Waals surface area contributed by atoms with Crippen LogP contribution in [0.15, 0.2) is 109 Å². The van der Waals surface area contributed by atoms with E-state index in [1.807, 2.05) is 0 Å². The average molecular weight is 986 g/mol. The van der Waals surface area contributed by atoms with Crippen LogP contribution in [-0.4, -0.2) is 37.2 Å². The van der Waals surface area contributed by atoms with Gasteiger partial charge in [-0.1, -0.05) is 233 Å². The van der Waals surface area contributed by atoms with E-state index in [9.17, 15) is 14.4 Å². The third-order valence-corrected chi connectivity index (χ3v) is 12.2. The van der Waals surface area contributed by atoms with Crippen molar-refractivity contribution in [3.8, 4) is 0 Å². The molecule has 0 aromatic rings. The molecule has 0 aromatic carbocycles. The fraction of sp³-hybridized carbons (Fsp3) is 0.677. The van der Waals surface area contributed by atoms with E-state index in [-0.39, 0.29) is 31.1 Å². The Labute approximate surface area is 438 Å². The molecule has 0 saturated carbocycles. The van der Waals surface area contributed by atoms with E-state index < -0.39 is 6.10 Å². The van der Waals surface area contributed by atoms with Crippen LogP contribution in [0.25, 0.3) is 0 Å². The SMILES string of the molecule is CC/C=C\C/C=C\C/C=C\C/C=C\CCCCCCC(=O)OC[C@H](COC(=O)CCCCCCCCCCC/C=C\CCCCCCCC)OC(=O)CCCCCC/C=C\C/C=C\C/C=C\C/C=C\CC. The Morgan fingerprint density at radius 2 is 0.549 bits per heavy atom. The van der Waals surface area contributed by atoms with Gasteiger partial charge in [0, 0.05) is 19.3 Å². The van der Waals surface area contributed by atoms with Crippen molar-refractivity contribution in [3.05, 3.63) is 109 Å². The summed E-state index contributed by atoms with van der Waals surface area (Å²) in [6.45, 7) is 6.37. The predicted octanol–water partition coefficient (Wildman–Crippen LogP) is 19.9. The van der Waals surface area contributed by atoms with Crippen molar-refractivity contribution >= 4 is 17.9 Å². The summed E-state index contributed by atoms with van der Waals surface area (Å²) < 4.78 is 16.9. The molecule has 0 radical (unpaired) electrons. The van der Waals surface area contributed by atoms with Gasteiger partial charge in [0.15, 0.2) is 6.10 Å². The van der Waals surface area contributed by atoms with E-state index in [1.165, 1.54) is 89.9 Å². The first-order valence-electron chi connectivity index (χ1n) is 29.4. The van der Waals surface area contributed by atoms with Crippen molar-refractivity contribution in [2.45, 2.75) is 271 Å². The van der Waals surface area contributed by atoms with Crippen LogP contribution >= 0.6 is 0 Å². The molecule has 0 spiro atoms. The van der Waals surface area contributed by atoms with Gasteiger partial charge >= 0.3 is 17.9 Å². The Kier molecular flexibility index (Phi) is 55.4. The maximum atomic E-state index is 12.9. The Balaban J connectivity index is 4.47. The maximum Gasteiger partial charge on any atom is 0.306 e. The zero-order valence-corrected chi connectivity index (χ0v) is 46.2. The van der Waals surface area contributed by atoms with Gasteiger partial charge in [-0.25, -0.2) is 0 Å². The molecule has 1 atom stereocenters. The number of carbonyl (C=O) groups excluding carboxylic acids is 3. The van der Waals surface area contributed by atoms with E-state index in [4.69, 9.17) is 14.2 Å². The van der Waals surface area contributed by atoms with Gasteiger partial charge in [0.2, 0.25) is 0 Å². The Morgan fingerprint density at radius 3 is 0.873 bits per heavy atom. The zero-order valence-electron chi connectivity index (χ0n) is 46.2. The highest BCUT2D eigenvalue weighted by atomic mass is 16.6. The summed E-state index contributed by atoms with van der Waals surface area (Å²) >= 11 is 0. The fourth-order valence-corrected chi connectivity index (χ4v) is 7.89. The lowest BCUT2D eigenvalue weighted by atomic mass is 10.1. The number of ether oxygens (including phenoxy) is 3. The molecule has 404 valence electrons. The predicted molar refractivity (Wildman–Crippen MR) is 307 cm³/mol. The van der Waals surface area contributed by atoms with Crippen molar-refractivity contribution < 1.29 is 28.6 Å². The summed E-state index contributed by atoms with van der Waals surface area (Å²) in [5.74, 6) is -0.947. The molecule has 71 heavy (non-hydrogen) atoms. The molecular weight excluding hydrogens is 877 g/mol. The lowest BCUT2D eigenvalue weighted by Crippen LogP contribution is -2.30. The van der Waals surface area contributed by atoms with Crippen molar-refractivity contribution in [1.29, 1.82) is 0 Å². The first kappa shape index (κ1) is 67.1. The van der Waals surface area contributed by atoms with Crippen LogP contribution in [0.2, 0.25) is 0 Å². The van der Waals surface area contributed by atoms with Crippen LogP contribution in [0.1, 0.15) is 265 Å². The lowest BCUT2D eigenvalue weighted by molar-refractivity contribution is -0.167. The number of hydrogen-bond donors (Lipinski definition) is 0. The fourth-order valence-electron chi connectivity index (χ4n) is 7.89. The third-order valence-electron chi connectivity index (χ3n) is 12.2. The highest BCUT2D eigenvalue weighted by Crippen LogP contribution is 2.15. The number of unbranched alkanes of at least 4 members (excludes halogenated alkanes) is 23. The second-order valence-corrected chi connectivity index (χ2v) is 19.1. The van der Waals surface area contributed by atoms with Crippen molar-refractivity contribution in [2.24, 2.45) is 0 Å². The van der Waals surface area contributed by atoms with Crippen molar-refractivity contribution in [3.63, 3.8) is 0 Å². The van der Waals surface area contributed by atoms with Gasteiger partial charge in [0.1, 0.15) is 13.2 Å². The van der Waals surface area contributed by atoms with Gasteiger partial charge in [-0.05, 0) is 122 Å². The second kappa shape index (κ2) is 58.6. The van der Waals surface area contributed by atoms with E-state index in [2.05, 4.69) is 130 Å². The minimum atomic E-state index is -0.805. The Hall–Kier alpha value is -3.93. The highest BCUT2D eigenvalue weighted by Gasteiger charge is 2.19. The number of rotatable bonds is 52. The van der Waals surface area contributed by atoms with Crippen LogP contribution in [0.3, 0.4) is 0 Å². The highest BCUT2D eigenvalue weighted by molar-refractivity contribution is 5.71. The molecule has 6 heteroatoms. The molecular formula is C65H108O6. The second-order valence-electron chi connectivity index (χ2n) is 19.1. The third kappa shape index (κ3) is 56.9. The minimum absolute atomic E-state index is 0.0983. The largest absolute Gasteiger partial charge is 0.462 e. The number of allylic oxidation sites excluding steroid dienone is 18. The van der Waals surface area contributed by atoms with Gasteiger partial charge < -0.3 is 14.2 Å². The van der Waals surface area contributed by atoms with E-state index in [0.717, 1.165) is 135 Å². The molecule has 0 amide bonds. The van der Waals surface area contributed by atoms with E-state index >= 15 is 0 Å². The molecule has 0 rings (SSSR count). The van der Waals surface area contributed by atoms with Crippen molar-refractivity contribution in [2.75, 3.05) is 13.2 Å². The molecule has 0 aliphatic rings. The maximum absolute atomic E-state index is 12.9. The van der Waals surface area contributed by atoms with Gasteiger partial charge in [-0.3, -0.25) is 14.4 Å². The van der Waals surface area contributed by atoms with Gasteiger partial charge in [-0.2, -0.15) is 0 Å². The smallest absolute Gasteiger partial charge is 0.306 e. The Bertz CT molecular complexity index is 1460. The van der Waals surface area contributed by atoms with E-state index in [0.29, 0.717) is 19.3 Å². The van der Waals surface area contributed by atoms with Crippen LogP contribution in [0, 0.1) is 0 Å². The summed E-state index contributed by atoms with van der Waals surface area (Å²) in [7, 11) is 0. The molecule has 0 unspecified atom stereocenters. The van der Waals surface area contributed by atoms with Crippen molar-refractivity contribution in [1.82, 2.24) is 0 Å². The summed E-state index contributed by atoms with van der Waals surface area (Å²) in [4.78, 5) is 38.2. The van der Waals surface area contributed by atoms with Crippen LogP contribution < -0.4 is 0 Å². The molecule has 6 nitrogen and oxygen atoms in total. The summed E-state index contributed by atoms with van der Waals surface area (Å²) in [5.41, 5.74) is 0. The van der Waals surface area contributed by atoms with E-state index in [1.54, 1.807) is 0 Å². The number of carbonyl (C=O) groups is 3. The molecule has 0 N–H and O–H groups in total. The number of hydrogen-bond acceptors (Lipinski definition) is 6. The molecule has 0 aromatic heterocycles. The van der Waals surface area contributed by atoms with Crippen LogP contribution in [-0.2, 0) is 28.6 Å². The topological polar surface area (TPSA) is 78.9 Å². The molecule has 0 bridgehead atoms. The quantitative estimate of drug-likeness (QED) is 0.0261. The zero-order chi connectivity index (χ0) is 51.4. The molecule has 0 aliphatic heterocycles. The number of esters is 3. The first-order chi connectivity index (χ1) is 35.0. The monoisotopic (exact) mass is 985 g/mol. The van der Waals surface area contributed by atoms with Gasteiger partial charge in [-0.15, -0.1) is 0 Å². The van der Waals surface area contributed by atoms with Gasteiger partial charge in [0.25, 0.3) is 0 Å². The Morgan fingerprint density at radius 1 is 0.296 bits per heavy atom. The van der Waals surface area contributed by atoms with Crippen LogP contribution in [0.4, 0.5) is 0 Å². The standard InChI is InChI=1S/C65H108O6/c1-4-7-10-13-16-19-22-25-28-31-32-35-37-40-43-46-49-52-55-58-64(67)70-61-62(71-65(68)59-56-53-50-47-44-41-38-34-30-27-24-21-18-15-12-9-6-3)60-69-63(66)57-54-51-48-45-42-39-36-33-29-26-23-20-17-14-11-8-5-2/h8-9,11-12,17-18,20-21,25-30,36,38-39,41,62H,4-7,10,13-16,19,22-24,31-35,37,40,42-61H2,1-3H3/b11-8-,12-9-,20-17-,21-18-,28-25-,29-26-,30-27-,39-36-,41-38-/t62-/m1/s1. The summed E-state index contributed by atoms with van der Waals surface area (Å²) in [6, 6.07) is 0. The van der Waals surface area contributed by atoms with Gasteiger partial charge in [0.05, 0.1) is 0 Å². The molecule has 0 aliphatic carbocycles. The van der Waals surface area contributed by atoms with Crippen LogP contribution in [0.5, 0.6) is 0 Å². The summed E-state index contributed by atoms with van der Waals surface area (Å²) in [5, 5.41) is 0.